The molecule has 6 aromatic carbocycles. The molecular formula is C42H33NO2. The van der Waals surface area contributed by atoms with Crippen molar-refractivity contribution < 1.29 is 9.47 Å². The highest BCUT2D eigenvalue weighted by atomic mass is 16.6. The Kier molecular flexibility index (Phi) is 5.30. The summed E-state index contributed by atoms with van der Waals surface area (Å²) in [5, 5.41) is 0. The minimum Gasteiger partial charge on any atom is -0.450 e. The molecule has 1 aliphatic heterocycles. The highest BCUT2D eigenvalue weighted by Crippen LogP contribution is 2.54. The second-order valence-corrected chi connectivity index (χ2v) is 13.4. The van der Waals surface area contributed by atoms with Crippen molar-refractivity contribution in [2.75, 3.05) is 4.90 Å². The lowest BCUT2D eigenvalue weighted by Gasteiger charge is -2.30. The molecule has 0 saturated carbocycles. The second-order valence-electron chi connectivity index (χ2n) is 13.4. The van der Waals surface area contributed by atoms with Crippen LogP contribution in [0.4, 0.5) is 17.1 Å². The topological polar surface area (TPSA) is 21.7 Å². The fraction of sp³-hybridized carbons (Fsp3) is 0.143. The highest BCUT2D eigenvalue weighted by Gasteiger charge is 2.37. The van der Waals surface area contributed by atoms with E-state index in [1.165, 1.54) is 44.5 Å². The molecule has 0 spiro atoms. The molecule has 1 heterocycles. The molecule has 0 amide bonds. The Labute approximate surface area is 264 Å². The van der Waals surface area contributed by atoms with Crippen LogP contribution in [0.5, 0.6) is 23.0 Å². The first kappa shape index (κ1) is 26.2. The average molecular weight is 584 g/mol. The molecule has 9 rings (SSSR count). The minimum atomic E-state index is -0.105. The van der Waals surface area contributed by atoms with Crippen LogP contribution in [0.1, 0.15) is 49.9 Å². The summed E-state index contributed by atoms with van der Waals surface area (Å²) in [4.78, 5) is 2.36. The van der Waals surface area contributed by atoms with E-state index in [2.05, 4.69) is 130 Å². The maximum atomic E-state index is 6.39. The number of nitrogens with zero attached hydrogens (tertiary/aromatic N) is 1. The Balaban J connectivity index is 1.22. The number of hydrogen-bond donors (Lipinski definition) is 0. The van der Waals surface area contributed by atoms with Gasteiger partial charge in [-0.15, -0.1) is 0 Å². The Morgan fingerprint density at radius 1 is 0.378 bits per heavy atom. The Hall–Kier alpha value is -5.28. The third-order valence-corrected chi connectivity index (χ3v) is 10.1. The van der Waals surface area contributed by atoms with E-state index in [0.29, 0.717) is 11.5 Å². The van der Waals surface area contributed by atoms with E-state index < -0.39 is 0 Å². The second kappa shape index (κ2) is 9.12. The van der Waals surface area contributed by atoms with Crippen LogP contribution in [0.15, 0.2) is 127 Å². The first-order valence-electron chi connectivity index (χ1n) is 15.7. The van der Waals surface area contributed by atoms with Gasteiger partial charge in [0, 0.05) is 28.3 Å². The quantitative estimate of drug-likeness (QED) is 0.206. The fourth-order valence-electron chi connectivity index (χ4n) is 7.77. The van der Waals surface area contributed by atoms with Crippen LogP contribution >= 0.6 is 0 Å². The number of para-hydroxylation sites is 2. The summed E-state index contributed by atoms with van der Waals surface area (Å²) in [6.45, 7) is 9.34. The SMILES string of the molecule is CC1(C)c2ccccc2-c2ccc(N(c3ccc4c(c3)Oc3ccccc3O4)c3ccc4c(c3)C(C)(C)c3ccccc3-4)cc21. The molecule has 0 unspecified atom stereocenters. The molecule has 3 nitrogen and oxygen atoms in total. The zero-order valence-electron chi connectivity index (χ0n) is 25.9. The minimum absolute atomic E-state index is 0.105. The molecule has 45 heavy (non-hydrogen) atoms. The third kappa shape index (κ3) is 3.70. The zero-order chi connectivity index (χ0) is 30.5. The molecule has 0 radical (unpaired) electrons. The molecule has 0 atom stereocenters. The van der Waals surface area contributed by atoms with Crippen molar-refractivity contribution in [2.45, 2.75) is 38.5 Å². The lowest BCUT2D eigenvalue weighted by atomic mass is 9.82. The largest absolute Gasteiger partial charge is 0.450 e. The van der Waals surface area contributed by atoms with Gasteiger partial charge in [0.05, 0.1) is 5.69 Å². The van der Waals surface area contributed by atoms with Gasteiger partial charge in [-0.05, 0) is 93.0 Å². The van der Waals surface area contributed by atoms with Crippen LogP contribution in [-0.2, 0) is 10.8 Å². The summed E-state index contributed by atoms with van der Waals surface area (Å²) in [5.74, 6) is 2.88. The maximum absolute atomic E-state index is 6.39. The van der Waals surface area contributed by atoms with Gasteiger partial charge in [0.15, 0.2) is 23.0 Å². The van der Waals surface area contributed by atoms with E-state index in [4.69, 9.17) is 9.47 Å². The van der Waals surface area contributed by atoms with E-state index in [1.54, 1.807) is 0 Å². The van der Waals surface area contributed by atoms with Crippen LogP contribution in [0.25, 0.3) is 22.3 Å². The monoisotopic (exact) mass is 583 g/mol. The first-order chi connectivity index (χ1) is 21.8. The summed E-state index contributed by atoms with van der Waals surface area (Å²) >= 11 is 0. The van der Waals surface area contributed by atoms with E-state index in [-0.39, 0.29) is 10.8 Å². The summed E-state index contributed by atoms with van der Waals surface area (Å²) in [6.07, 6.45) is 0. The Morgan fingerprint density at radius 2 is 0.778 bits per heavy atom. The number of hydrogen-bond acceptors (Lipinski definition) is 3. The molecule has 0 aromatic heterocycles. The molecule has 2 aliphatic carbocycles. The molecule has 3 aliphatic rings. The maximum Gasteiger partial charge on any atom is 0.172 e. The predicted octanol–water partition coefficient (Wildman–Crippen LogP) is 11.7. The Bertz CT molecular complexity index is 2080. The van der Waals surface area contributed by atoms with E-state index in [9.17, 15) is 0 Å². The van der Waals surface area contributed by atoms with Crippen molar-refractivity contribution in [3.63, 3.8) is 0 Å². The van der Waals surface area contributed by atoms with Gasteiger partial charge in [-0.1, -0.05) is 100 Å². The average Bonchev–Trinajstić information content (AvgIpc) is 3.43. The van der Waals surface area contributed by atoms with Gasteiger partial charge in [0.2, 0.25) is 0 Å². The smallest absolute Gasteiger partial charge is 0.172 e. The number of anilines is 3. The summed E-state index contributed by atoms with van der Waals surface area (Å²) < 4.78 is 12.6. The van der Waals surface area contributed by atoms with E-state index in [0.717, 1.165) is 28.6 Å². The summed E-state index contributed by atoms with van der Waals surface area (Å²) in [6, 6.07) is 45.6. The number of benzene rings is 6. The predicted molar refractivity (Wildman–Crippen MR) is 183 cm³/mol. The van der Waals surface area contributed by atoms with Crippen molar-refractivity contribution in [2.24, 2.45) is 0 Å². The van der Waals surface area contributed by atoms with Gasteiger partial charge in [0.25, 0.3) is 0 Å². The van der Waals surface area contributed by atoms with Gasteiger partial charge in [-0.25, -0.2) is 0 Å². The van der Waals surface area contributed by atoms with Crippen molar-refractivity contribution in [1.29, 1.82) is 0 Å². The van der Waals surface area contributed by atoms with Crippen LogP contribution < -0.4 is 14.4 Å². The molecule has 0 bridgehead atoms. The van der Waals surface area contributed by atoms with Gasteiger partial charge in [-0.2, -0.15) is 0 Å². The molecule has 218 valence electrons. The summed E-state index contributed by atoms with van der Waals surface area (Å²) in [7, 11) is 0. The summed E-state index contributed by atoms with van der Waals surface area (Å²) in [5.41, 5.74) is 13.7. The van der Waals surface area contributed by atoms with Gasteiger partial charge >= 0.3 is 0 Å². The van der Waals surface area contributed by atoms with Crippen molar-refractivity contribution in [3.05, 3.63) is 150 Å². The van der Waals surface area contributed by atoms with E-state index in [1.807, 2.05) is 30.3 Å². The molecular weight excluding hydrogens is 550 g/mol. The Morgan fingerprint density at radius 3 is 1.33 bits per heavy atom. The number of fused-ring (bicyclic) bond motifs is 8. The van der Waals surface area contributed by atoms with Crippen LogP contribution in [0.3, 0.4) is 0 Å². The number of rotatable bonds is 3. The van der Waals surface area contributed by atoms with Crippen molar-refractivity contribution in [1.82, 2.24) is 0 Å². The van der Waals surface area contributed by atoms with Crippen molar-refractivity contribution in [3.8, 4) is 45.3 Å². The van der Waals surface area contributed by atoms with Crippen LogP contribution in [0, 0.1) is 0 Å². The third-order valence-electron chi connectivity index (χ3n) is 10.1. The van der Waals surface area contributed by atoms with Crippen LogP contribution in [0.2, 0.25) is 0 Å². The van der Waals surface area contributed by atoms with Crippen molar-refractivity contribution >= 4 is 17.1 Å². The molecule has 0 saturated heterocycles. The van der Waals surface area contributed by atoms with Gasteiger partial charge in [0.1, 0.15) is 0 Å². The van der Waals surface area contributed by atoms with E-state index >= 15 is 0 Å². The lowest BCUT2D eigenvalue weighted by Crippen LogP contribution is -2.18. The number of ether oxygens (including phenoxy) is 2. The highest BCUT2D eigenvalue weighted by molar-refractivity contribution is 5.88. The van der Waals surface area contributed by atoms with Gasteiger partial charge in [-0.3, -0.25) is 0 Å². The normalized spacial score (nSPS) is 15.4. The molecule has 6 aromatic rings. The standard InChI is InChI=1S/C42H33NO2/c1-41(2)33-13-7-5-11-29(33)31-20-17-26(23-35(31)41)43(28-19-22-39-40(25-28)45-38-16-10-9-15-37(38)44-39)27-18-21-32-30-12-6-8-14-34(30)42(3,4)36(32)24-27/h5-25H,1-4H3. The van der Waals surface area contributed by atoms with Gasteiger partial charge < -0.3 is 14.4 Å². The lowest BCUT2D eigenvalue weighted by molar-refractivity contribution is 0.360. The fourth-order valence-corrected chi connectivity index (χ4v) is 7.77. The molecule has 0 N–H and O–H groups in total. The first-order valence-corrected chi connectivity index (χ1v) is 15.7. The van der Waals surface area contributed by atoms with Crippen LogP contribution in [-0.4, -0.2) is 0 Å². The molecule has 3 heteroatoms. The molecule has 0 fully saturated rings. The zero-order valence-corrected chi connectivity index (χ0v) is 25.9.